The summed E-state index contributed by atoms with van der Waals surface area (Å²) in [6.45, 7) is 3.44. The predicted molar refractivity (Wildman–Crippen MR) is 110 cm³/mol. The summed E-state index contributed by atoms with van der Waals surface area (Å²) in [4.78, 5) is 22.8. The summed E-state index contributed by atoms with van der Waals surface area (Å²) in [5, 5.41) is 5.57. The molecule has 3 rings (SSSR count). The van der Waals surface area contributed by atoms with Gasteiger partial charge in [-0.2, -0.15) is 0 Å². The number of methoxy groups -OCH3 is 2. The van der Waals surface area contributed by atoms with E-state index in [9.17, 15) is 9.59 Å². The lowest BCUT2D eigenvalue weighted by molar-refractivity contribution is -0.124. The van der Waals surface area contributed by atoms with Crippen molar-refractivity contribution >= 4 is 11.8 Å². The number of ether oxygens (including phenoxy) is 4. The molecule has 2 aromatic rings. The van der Waals surface area contributed by atoms with E-state index in [1.807, 2.05) is 18.2 Å². The minimum absolute atomic E-state index is 0.0702. The highest BCUT2D eigenvalue weighted by molar-refractivity contribution is 5.73. The SMILES string of the molecule is COc1ccc([C@H]2Oc3cc(CCNC(C)=O)ccc3O[C@@H]2NC(C)=O)cc1OC. The van der Waals surface area contributed by atoms with Gasteiger partial charge in [-0.1, -0.05) is 12.1 Å². The second-order valence-electron chi connectivity index (χ2n) is 6.91. The number of benzene rings is 2. The van der Waals surface area contributed by atoms with E-state index >= 15 is 0 Å². The molecule has 2 amide bonds. The molecule has 1 heterocycles. The maximum absolute atomic E-state index is 11.7. The third kappa shape index (κ3) is 4.94. The Bertz CT molecular complexity index is 930. The molecule has 1 aliphatic heterocycles. The van der Waals surface area contributed by atoms with Gasteiger partial charge in [-0.25, -0.2) is 0 Å². The predicted octanol–water partition coefficient (Wildman–Crippen LogP) is 2.36. The Morgan fingerprint density at radius 1 is 0.933 bits per heavy atom. The van der Waals surface area contributed by atoms with Gasteiger partial charge in [0.1, 0.15) is 0 Å². The zero-order valence-corrected chi connectivity index (χ0v) is 17.5. The summed E-state index contributed by atoms with van der Waals surface area (Å²) in [7, 11) is 3.12. The van der Waals surface area contributed by atoms with Crippen LogP contribution >= 0.6 is 0 Å². The van der Waals surface area contributed by atoms with Crippen molar-refractivity contribution in [3.63, 3.8) is 0 Å². The Labute approximate surface area is 175 Å². The van der Waals surface area contributed by atoms with E-state index in [1.165, 1.54) is 13.8 Å². The molecule has 0 saturated carbocycles. The third-order valence-corrected chi connectivity index (χ3v) is 4.66. The van der Waals surface area contributed by atoms with Crippen LogP contribution in [-0.2, 0) is 16.0 Å². The van der Waals surface area contributed by atoms with Gasteiger partial charge in [-0.15, -0.1) is 0 Å². The topological polar surface area (TPSA) is 95.1 Å². The molecule has 0 radical (unpaired) electrons. The first-order valence-corrected chi connectivity index (χ1v) is 9.61. The zero-order chi connectivity index (χ0) is 21.7. The Balaban J connectivity index is 1.89. The smallest absolute Gasteiger partial charge is 0.219 e. The Morgan fingerprint density at radius 3 is 2.37 bits per heavy atom. The van der Waals surface area contributed by atoms with Crippen molar-refractivity contribution < 1.29 is 28.5 Å². The minimum atomic E-state index is -0.710. The molecule has 2 aromatic carbocycles. The summed E-state index contributed by atoms with van der Waals surface area (Å²) >= 11 is 0. The lowest BCUT2D eigenvalue weighted by Gasteiger charge is -2.34. The Kier molecular flexibility index (Phi) is 6.66. The molecule has 2 N–H and O–H groups in total. The van der Waals surface area contributed by atoms with E-state index in [4.69, 9.17) is 18.9 Å². The van der Waals surface area contributed by atoms with Crippen molar-refractivity contribution in [3.8, 4) is 23.0 Å². The molecule has 0 saturated heterocycles. The highest BCUT2D eigenvalue weighted by Crippen LogP contribution is 2.41. The summed E-state index contributed by atoms with van der Waals surface area (Å²) in [5.74, 6) is 1.94. The van der Waals surface area contributed by atoms with Crippen LogP contribution in [0.3, 0.4) is 0 Å². The maximum Gasteiger partial charge on any atom is 0.219 e. The van der Waals surface area contributed by atoms with Crippen molar-refractivity contribution in [2.75, 3.05) is 20.8 Å². The fraction of sp³-hybridized carbons (Fsp3) is 0.364. The first-order valence-electron chi connectivity index (χ1n) is 9.61. The molecule has 8 heteroatoms. The van der Waals surface area contributed by atoms with Gasteiger partial charge >= 0.3 is 0 Å². The van der Waals surface area contributed by atoms with Crippen LogP contribution in [0.5, 0.6) is 23.0 Å². The maximum atomic E-state index is 11.7. The molecule has 160 valence electrons. The van der Waals surface area contributed by atoms with Crippen molar-refractivity contribution in [1.29, 1.82) is 0 Å². The van der Waals surface area contributed by atoms with E-state index in [1.54, 1.807) is 32.4 Å². The number of carbonyl (C=O) groups excluding carboxylic acids is 2. The van der Waals surface area contributed by atoms with Crippen LogP contribution in [0.4, 0.5) is 0 Å². The summed E-state index contributed by atoms with van der Waals surface area (Å²) in [5.41, 5.74) is 1.76. The lowest BCUT2D eigenvalue weighted by Crippen LogP contribution is -2.46. The summed E-state index contributed by atoms with van der Waals surface area (Å²) in [6, 6.07) is 11.0. The number of amides is 2. The van der Waals surface area contributed by atoms with Gasteiger partial charge in [-0.05, 0) is 36.2 Å². The van der Waals surface area contributed by atoms with Crippen molar-refractivity contribution in [2.24, 2.45) is 0 Å². The molecule has 2 atom stereocenters. The minimum Gasteiger partial charge on any atom is -0.493 e. The Hall–Kier alpha value is -3.42. The van der Waals surface area contributed by atoms with Crippen LogP contribution in [0.2, 0.25) is 0 Å². The second kappa shape index (κ2) is 9.39. The van der Waals surface area contributed by atoms with Gasteiger partial charge in [0.05, 0.1) is 14.2 Å². The molecule has 8 nitrogen and oxygen atoms in total. The molecule has 0 unspecified atom stereocenters. The second-order valence-corrected chi connectivity index (χ2v) is 6.91. The molecular formula is C22H26N2O6. The van der Waals surface area contributed by atoms with Gasteiger partial charge in [-0.3, -0.25) is 9.59 Å². The van der Waals surface area contributed by atoms with Crippen molar-refractivity contribution in [1.82, 2.24) is 10.6 Å². The van der Waals surface area contributed by atoms with Crippen LogP contribution in [0, 0.1) is 0 Å². The van der Waals surface area contributed by atoms with E-state index in [2.05, 4.69) is 10.6 Å². The van der Waals surface area contributed by atoms with E-state index < -0.39 is 12.3 Å². The van der Waals surface area contributed by atoms with Crippen LogP contribution in [0.25, 0.3) is 0 Å². The van der Waals surface area contributed by atoms with E-state index in [0.717, 1.165) is 11.1 Å². The van der Waals surface area contributed by atoms with Gasteiger partial charge < -0.3 is 29.6 Å². The first-order chi connectivity index (χ1) is 14.4. The van der Waals surface area contributed by atoms with Crippen LogP contribution in [0.15, 0.2) is 36.4 Å². The molecule has 0 spiro atoms. The fourth-order valence-corrected chi connectivity index (χ4v) is 3.26. The van der Waals surface area contributed by atoms with E-state index in [0.29, 0.717) is 36.0 Å². The largest absolute Gasteiger partial charge is 0.493 e. The number of hydrogen-bond acceptors (Lipinski definition) is 6. The summed E-state index contributed by atoms with van der Waals surface area (Å²) in [6.07, 6.45) is -0.642. The van der Waals surface area contributed by atoms with Crippen LogP contribution in [0.1, 0.15) is 31.1 Å². The number of hydrogen-bond donors (Lipinski definition) is 2. The van der Waals surface area contributed by atoms with Gasteiger partial charge in [0.15, 0.2) is 29.1 Å². The van der Waals surface area contributed by atoms with Crippen LogP contribution < -0.4 is 29.6 Å². The number of nitrogens with one attached hydrogen (secondary N) is 2. The highest BCUT2D eigenvalue weighted by Gasteiger charge is 2.34. The highest BCUT2D eigenvalue weighted by atomic mass is 16.6. The molecule has 30 heavy (non-hydrogen) atoms. The molecule has 1 aliphatic rings. The van der Waals surface area contributed by atoms with Crippen molar-refractivity contribution in [3.05, 3.63) is 47.5 Å². The van der Waals surface area contributed by atoms with Crippen molar-refractivity contribution in [2.45, 2.75) is 32.6 Å². The fourth-order valence-electron chi connectivity index (χ4n) is 3.26. The molecular weight excluding hydrogens is 388 g/mol. The van der Waals surface area contributed by atoms with Gasteiger partial charge in [0.25, 0.3) is 0 Å². The van der Waals surface area contributed by atoms with E-state index in [-0.39, 0.29) is 11.8 Å². The normalized spacial score (nSPS) is 17.1. The lowest BCUT2D eigenvalue weighted by atomic mass is 10.0. The molecule has 0 fully saturated rings. The number of rotatable bonds is 7. The Morgan fingerprint density at radius 2 is 1.70 bits per heavy atom. The average molecular weight is 414 g/mol. The third-order valence-electron chi connectivity index (χ3n) is 4.66. The first kappa shape index (κ1) is 21.3. The number of carbonyl (C=O) groups is 2. The molecule has 0 bridgehead atoms. The number of fused-ring (bicyclic) bond motifs is 1. The van der Waals surface area contributed by atoms with Gasteiger partial charge in [0, 0.05) is 26.0 Å². The van der Waals surface area contributed by atoms with Gasteiger partial charge in [0.2, 0.25) is 18.0 Å². The molecule has 0 aliphatic carbocycles. The molecule has 0 aromatic heterocycles. The summed E-state index contributed by atoms with van der Waals surface area (Å²) < 4.78 is 23.0. The van der Waals surface area contributed by atoms with Crippen LogP contribution in [-0.4, -0.2) is 38.8 Å². The quantitative estimate of drug-likeness (QED) is 0.722. The standard InChI is InChI=1S/C22H26N2O6/c1-13(25)23-10-9-15-5-7-18-20(11-15)29-21(22(30-18)24-14(2)26)16-6-8-17(27-3)19(12-16)28-4/h5-8,11-12,21-22H,9-10H2,1-4H3,(H,23,25)(H,24,26)/t21-,22+/m1/s1. The average Bonchev–Trinajstić information content (AvgIpc) is 2.72. The monoisotopic (exact) mass is 414 g/mol. The zero-order valence-electron chi connectivity index (χ0n) is 17.5.